The summed E-state index contributed by atoms with van der Waals surface area (Å²) < 4.78 is 10.4. The van der Waals surface area contributed by atoms with Crippen LogP contribution in [-0.4, -0.2) is 52.0 Å². The normalized spacial score (nSPS) is 25.8. The first kappa shape index (κ1) is 14.4. The highest BCUT2D eigenvalue weighted by atomic mass is 16.5. The molecule has 100 valence electrons. The van der Waals surface area contributed by atoms with Crippen LogP contribution >= 0.6 is 0 Å². The number of hydrogen-bond donors (Lipinski definition) is 2. The van der Waals surface area contributed by atoms with E-state index in [0.29, 0.717) is 19.8 Å². The van der Waals surface area contributed by atoms with Gasteiger partial charge in [-0.2, -0.15) is 0 Å². The van der Waals surface area contributed by atoms with E-state index in [1.54, 1.807) is 7.11 Å². The molecule has 0 aromatic rings. The molecule has 1 heterocycles. The molecule has 2 N–H and O–H groups in total. The Morgan fingerprint density at radius 3 is 2.88 bits per heavy atom. The van der Waals surface area contributed by atoms with Crippen molar-refractivity contribution in [3.8, 4) is 0 Å². The van der Waals surface area contributed by atoms with Crippen LogP contribution in [0.3, 0.4) is 0 Å². The van der Waals surface area contributed by atoms with Crippen molar-refractivity contribution >= 4 is 5.91 Å². The molecule has 3 atom stereocenters. The van der Waals surface area contributed by atoms with E-state index in [2.05, 4.69) is 17.6 Å². The van der Waals surface area contributed by atoms with E-state index < -0.39 is 0 Å². The van der Waals surface area contributed by atoms with Crippen LogP contribution < -0.4 is 10.6 Å². The molecule has 0 aromatic carbocycles. The molecular formula is C12H24N2O3. The standard InChI is InChI=1S/C12H24N2O3/c1-4-5-9(6-16-3)14-12(15)10-7-17-8-11(10)13-2/h9-11,13H,4-8H2,1-3H3,(H,14,15). The maximum absolute atomic E-state index is 12.1. The average molecular weight is 244 g/mol. The second kappa shape index (κ2) is 7.63. The SMILES string of the molecule is CCCC(COC)NC(=O)C1COCC1NC. The van der Waals surface area contributed by atoms with Gasteiger partial charge in [-0.05, 0) is 13.5 Å². The van der Waals surface area contributed by atoms with Crippen molar-refractivity contribution in [3.63, 3.8) is 0 Å². The first-order valence-corrected chi connectivity index (χ1v) is 6.27. The molecule has 1 fully saturated rings. The lowest BCUT2D eigenvalue weighted by atomic mass is 10.0. The summed E-state index contributed by atoms with van der Waals surface area (Å²) in [6.45, 7) is 3.78. The van der Waals surface area contributed by atoms with Gasteiger partial charge in [0.2, 0.25) is 5.91 Å². The number of rotatable bonds is 7. The molecule has 1 aliphatic heterocycles. The third kappa shape index (κ3) is 4.26. The number of likely N-dealkylation sites (N-methyl/N-ethyl adjacent to an activating group) is 1. The molecule has 5 heteroatoms. The van der Waals surface area contributed by atoms with Gasteiger partial charge in [-0.25, -0.2) is 0 Å². The molecule has 1 amide bonds. The number of carbonyl (C=O) groups excluding carboxylic acids is 1. The molecular weight excluding hydrogens is 220 g/mol. The Hall–Kier alpha value is -0.650. The molecule has 3 unspecified atom stereocenters. The zero-order chi connectivity index (χ0) is 12.7. The molecule has 0 bridgehead atoms. The largest absolute Gasteiger partial charge is 0.383 e. The van der Waals surface area contributed by atoms with Crippen molar-refractivity contribution < 1.29 is 14.3 Å². The van der Waals surface area contributed by atoms with Gasteiger partial charge in [0.25, 0.3) is 0 Å². The van der Waals surface area contributed by atoms with Crippen molar-refractivity contribution in [3.05, 3.63) is 0 Å². The van der Waals surface area contributed by atoms with Crippen molar-refractivity contribution in [2.75, 3.05) is 34.0 Å². The molecule has 17 heavy (non-hydrogen) atoms. The van der Waals surface area contributed by atoms with Gasteiger partial charge < -0.3 is 20.1 Å². The maximum atomic E-state index is 12.1. The number of ether oxygens (including phenoxy) is 2. The zero-order valence-corrected chi connectivity index (χ0v) is 11.0. The molecule has 0 spiro atoms. The van der Waals surface area contributed by atoms with E-state index in [9.17, 15) is 4.79 Å². The van der Waals surface area contributed by atoms with Crippen molar-refractivity contribution in [2.24, 2.45) is 5.92 Å². The van der Waals surface area contributed by atoms with E-state index in [1.807, 2.05) is 7.05 Å². The zero-order valence-electron chi connectivity index (χ0n) is 11.0. The molecule has 0 radical (unpaired) electrons. The number of carbonyl (C=O) groups is 1. The molecule has 1 saturated heterocycles. The van der Waals surface area contributed by atoms with E-state index >= 15 is 0 Å². The predicted molar refractivity (Wildman–Crippen MR) is 65.9 cm³/mol. The monoisotopic (exact) mass is 244 g/mol. The average Bonchev–Trinajstić information content (AvgIpc) is 2.77. The highest BCUT2D eigenvalue weighted by Crippen LogP contribution is 2.14. The first-order valence-electron chi connectivity index (χ1n) is 6.27. The quantitative estimate of drug-likeness (QED) is 0.669. The molecule has 0 saturated carbocycles. The summed E-state index contributed by atoms with van der Waals surface area (Å²) in [5.41, 5.74) is 0. The lowest BCUT2D eigenvalue weighted by Crippen LogP contribution is -2.47. The molecule has 0 aromatic heterocycles. The molecule has 1 rings (SSSR count). The smallest absolute Gasteiger partial charge is 0.227 e. The van der Waals surface area contributed by atoms with E-state index in [-0.39, 0.29) is 23.9 Å². The number of hydrogen-bond acceptors (Lipinski definition) is 4. The summed E-state index contributed by atoms with van der Waals surface area (Å²) >= 11 is 0. The Balaban J connectivity index is 2.45. The van der Waals surface area contributed by atoms with Crippen molar-refractivity contribution in [1.82, 2.24) is 10.6 Å². The fourth-order valence-electron chi connectivity index (χ4n) is 2.15. The van der Waals surface area contributed by atoms with Gasteiger partial charge in [0.1, 0.15) is 0 Å². The topological polar surface area (TPSA) is 59.6 Å². The fourth-order valence-corrected chi connectivity index (χ4v) is 2.15. The van der Waals surface area contributed by atoms with Gasteiger partial charge in [0.05, 0.1) is 31.8 Å². The third-order valence-corrected chi connectivity index (χ3v) is 3.14. The Morgan fingerprint density at radius 2 is 2.29 bits per heavy atom. The first-order chi connectivity index (χ1) is 8.22. The second-order valence-corrected chi connectivity index (χ2v) is 4.49. The Labute approximate surface area is 103 Å². The van der Waals surface area contributed by atoms with Crippen LogP contribution in [0.2, 0.25) is 0 Å². The highest BCUT2D eigenvalue weighted by molar-refractivity contribution is 5.80. The van der Waals surface area contributed by atoms with Gasteiger partial charge in [0, 0.05) is 13.2 Å². The minimum Gasteiger partial charge on any atom is -0.383 e. The van der Waals surface area contributed by atoms with E-state index in [0.717, 1.165) is 12.8 Å². The summed E-state index contributed by atoms with van der Waals surface area (Å²) in [6, 6.07) is 0.232. The summed E-state index contributed by atoms with van der Waals surface area (Å²) in [6.07, 6.45) is 1.97. The summed E-state index contributed by atoms with van der Waals surface area (Å²) in [7, 11) is 3.52. The van der Waals surface area contributed by atoms with Gasteiger partial charge in [-0.3, -0.25) is 4.79 Å². The Kier molecular flexibility index (Phi) is 6.47. The van der Waals surface area contributed by atoms with Crippen LogP contribution in [-0.2, 0) is 14.3 Å². The summed E-state index contributed by atoms with van der Waals surface area (Å²) in [4.78, 5) is 12.1. The van der Waals surface area contributed by atoms with Gasteiger partial charge >= 0.3 is 0 Å². The third-order valence-electron chi connectivity index (χ3n) is 3.14. The van der Waals surface area contributed by atoms with Gasteiger partial charge in [-0.1, -0.05) is 13.3 Å². The van der Waals surface area contributed by atoms with Gasteiger partial charge in [-0.15, -0.1) is 0 Å². The van der Waals surface area contributed by atoms with Crippen LogP contribution in [0.1, 0.15) is 19.8 Å². The number of methoxy groups -OCH3 is 1. The predicted octanol–water partition coefficient (Wildman–Crippen LogP) is 0.152. The minimum absolute atomic E-state index is 0.0670. The summed E-state index contributed by atoms with van der Waals surface area (Å²) in [5.74, 6) is -0.0198. The lowest BCUT2D eigenvalue weighted by molar-refractivity contribution is -0.126. The maximum Gasteiger partial charge on any atom is 0.227 e. The van der Waals surface area contributed by atoms with E-state index in [4.69, 9.17) is 9.47 Å². The van der Waals surface area contributed by atoms with Crippen LogP contribution in [0.5, 0.6) is 0 Å². The second-order valence-electron chi connectivity index (χ2n) is 4.49. The van der Waals surface area contributed by atoms with E-state index in [1.165, 1.54) is 0 Å². The number of amides is 1. The number of nitrogens with one attached hydrogen (secondary N) is 2. The summed E-state index contributed by atoms with van der Waals surface area (Å²) in [5, 5.41) is 6.16. The van der Waals surface area contributed by atoms with Crippen LogP contribution in [0.25, 0.3) is 0 Å². The van der Waals surface area contributed by atoms with Crippen LogP contribution in [0, 0.1) is 5.92 Å². The van der Waals surface area contributed by atoms with Crippen molar-refractivity contribution in [2.45, 2.75) is 31.8 Å². The van der Waals surface area contributed by atoms with Gasteiger partial charge in [0.15, 0.2) is 0 Å². The Bertz CT molecular complexity index is 230. The van der Waals surface area contributed by atoms with Crippen LogP contribution in [0.15, 0.2) is 0 Å². The van der Waals surface area contributed by atoms with Crippen LogP contribution in [0.4, 0.5) is 0 Å². The highest BCUT2D eigenvalue weighted by Gasteiger charge is 2.33. The minimum atomic E-state index is -0.0868. The molecule has 5 nitrogen and oxygen atoms in total. The molecule has 1 aliphatic rings. The fraction of sp³-hybridized carbons (Fsp3) is 0.917. The Morgan fingerprint density at radius 1 is 1.53 bits per heavy atom. The van der Waals surface area contributed by atoms with Crippen molar-refractivity contribution in [1.29, 1.82) is 0 Å². The lowest BCUT2D eigenvalue weighted by Gasteiger charge is -2.21. The molecule has 0 aliphatic carbocycles.